The molecule has 0 atom stereocenters. The maximum atomic E-state index is 12.7. The fourth-order valence-electron chi connectivity index (χ4n) is 3.27. The van der Waals surface area contributed by atoms with Crippen LogP contribution >= 0.6 is 0 Å². The average Bonchev–Trinajstić information content (AvgIpc) is 3.44. The molecule has 0 heterocycles. The van der Waals surface area contributed by atoms with Crippen LogP contribution in [0.4, 0.5) is 0 Å². The molecule has 2 fully saturated rings. The Labute approximate surface area is 144 Å². The Morgan fingerprint density at radius 1 is 1.17 bits per heavy atom. The summed E-state index contributed by atoms with van der Waals surface area (Å²) in [4.78, 5) is 14.7. The highest BCUT2D eigenvalue weighted by Gasteiger charge is 2.26. The van der Waals surface area contributed by atoms with E-state index >= 15 is 0 Å². The second kappa shape index (κ2) is 7.23. The van der Waals surface area contributed by atoms with Gasteiger partial charge in [-0.2, -0.15) is 0 Å². The molecule has 132 valence electrons. The standard InChI is InChI=1S/C18H26N2O3S/c1-20(16-7-3-2-4-8-16)18(21)15-6-5-9-17(12-15)24(22,23)19-13-14-10-11-14/h5-6,9,12,14,16,19H,2-4,7-8,10-11,13H2,1H3. The highest BCUT2D eigenvalue weighted by Crippen LogP contribution is 2.28. The molecule has 0 radical (unpaired) electrons. The third kappa shape index (κ3) is 4.16. The summed E-state index contributed by atoms with van der Waals surface area (Å²) in [6, 6.07) is 6.65. The van der Waals surface area contributed by atoms with Crippen LogP contribution in [0.15, 0.2) is 29.2 Å². The van der Waals surface area contributed by atoms with Crippen LogP contribution in [0.1, 0.15) is 55.3 Å². The normalized spacial score (nSPS) is 19.2. The number of nitrogens with one attached hydrogen (secondary N) is 1. The first-order chi connectivity index (χ1) is 11.5. The molecular weight excluding hydrogens is 324 g/mol. The first-order valence-corrected chi connectivity index (χ1v) is 10.3. The molecule has 1 aromatic rings. The third-order valence-corrected chi connectivity index (χ3v) is 6.51. The Hall–Kier alpha value is -1.40. The summed E-state index contributed by atoms with van der Waals surface area (Å²) in [6.45, 7) is 0.489. The van der Waals surface area contributed by atoms with Crippen molar-refractivity contribution >= 4 is 15.9 Å². The van der Waals surface area contributed by atoms with Crippen LogP contribution in [0.3, 0.4) is 0 Å². The molecule has 1 amide bonds. The number of sulfonamides is 1. The van der Waals surface area contributed by atoms with Crippen LogP contribution in [0.5, 0.6) is 0 Å². The molecule has 0 spiro atoms. The Kier molecular flexibility index (Phi) is 5.25. The lowest BCUT2D eigenvalue weighted by Crippen LogP contribution is -2.38. The van der Waals surface area contributed by atoms with Crippen LogP contribution in [-0.2, 0) is 10.0 Å². The quantitative estimate of drug-likeness (QED) is 0.858. The van der Waals surface area contributed by atoms with Gasteiger partial charge >= 0.3 is 0 Å². The van der Waals surface area contributed by atoms with Crippen LogP contribution in [-0.4, -0.2) is 38.9 Å². The monoisotopic (exact) mass is 350 g/mol. The molecule has 2 aliphatic rings. The summed E-state index contributed by atoms with van der Waals surface area (Å²) in [5, 5.41) is 0. The van der Waals surface area contributed by atoms with Gasteiger partial charge in [0.05, 0.1) is 4.90 Å². The van der Waals surface area contributed by atoms with E-state index in [1.54, 1.807) is 23.1 Å². The zero-order chi connectivity index (χ0) is 17.2. The number of nitrogens with zero attached hydrogens (tertiary/aromatic N) is 1. The first kappa shape index (κ1) is 17.4. The summed E-state index contributed by atoms with van der Waals surface area (Å²) in [5.41, 5.74) is 0.442. The Bertz CT molecular complexity index is 692. The van der Waals surface area contributed by atoms with Gasteiger partial charge in [0.15, 0.2) is 0 Å². The fourth-order valence-corrected chi connectivity index (χ4v) is 4.43. The summed E-state index contributed by atoms with van der Waals surface area (Å²) in [5.74, 6) is 0.378. The molecule has 6 heteroatoms. The van der Waals surface area contributed by atoms with Gasteiger partial charge in [-0.05, 0) is 49.8 Å². The van der Waals surface area contributed by atoms with Gasteiger partial charge in [0, 0.05) is 25.2 Å². The topological polar surface area (TPSA) is 66.5 Å². The maximum Gasteiger partial charge on any atom is 0.253 e. The average molecular weight is 350 g/mol. The predicted molar refractivity (Wildman–Crippen MR) is 93.3 cm³/mol. The van der Waals surface area contributed by atoms with Gasteiger partial charge in [-0.3, -0.25) is 4.79 Å². The minimum absolute atomic E-state index is 0.0962. The lowest BCUT2D eigenvalue weighted by atomic mass is 9.94. The molecular formula is C18H26N2O3S. The van der Waals surface area contributed by atoms with E-state index in [9.17, 15) is 13.2 Å². The second-order valence-corrected chi connectivity index (χ2v) is 8.80. The number of hydrogen-bond donors (Lipinski definition) is 1. The van der Waals surface area contributed by atoms with Gasteiger partial charge in [0.25, 0.3) is 5.91 Å². The van der Waals surface area contributed by atoms with Crippen LogP contribution < -0.4 is 4.72 Å². The van der Waals surface area contributed by atoms with Crippen molar-refractivity contribution in [2.75, 3.05) is 13.6 Å². The SMILES string of the molecule is CN(C(=O)c1cccc(S(=O)(=O)NCC2CC2)c1)C1CCCCC1. The van der Waals surface area contributed by atoms with Gasteiger partial charge in [-0.1, -0.05) is 25.3 Å². The maximum absolute atomic E-state index is 12.7. The molecule has 0 aliphatic heterocycles. The van der Waals surface area contributed by atoms with Gasteiger partial charge in [-0.15, -0.1) is 0 Å². The van der Waals surface area contributed by atoms with E-state index in [1.807, 2.05) is 7.05 Å². The van der Waals surface area contributed by atoms with Crippen molar-refractivity contribution in [2.45, 2.75) is 55.9 Å². The number of carbonyl (C=O) groups excluding carboxylic acids is 1. The van der Waals surface area contributed by atoms with Crippen molar-refractivity contribution in [3.8, 4) is 0 Å². The molecule has 1 aromatic carbocycles. The molecule has 24 heavy (non-hydrogen) atoms. The van der Waals surface area contributed by atoms with Crippen LogP contribution in [0.2, 0.25) is 0 Å². The largest absolute Gasteiger partial charge is 0.339 e. The number of hydrogen-bond acceptors (Lipinski definition) is 3. The smallest absolute Gasteiger partial charge is 0.253 e. The highest BCUT2D eigenvalue weighted by molar-refractivity contribution is 7.89. The lowest BCUT2D eigenvalue weighted by molar-refractivity contribution is 0.0696. The number of benzene rings is 1. The zero-order valence-electron chi connectivity index (χ0n) is 14.2. The van der Waals surface area contributed by atoms with Crippen molar-refractivity contribution in [3.63, 3.8) is 0 Å². The van der Waals surface area contributed by atoms with E-state index in [-0.39, 0.29) is 16.8 Å². The number of rotatable bonds is 6. The summed E-state index contributed by atoms with van der Waals surface area (Å²) in [6.07, 6.45) is 7.79. The van der Waals surface area contributed by atoms with E-state index in [0.29, 0.717) is 18.0 Å². The minimum atomic E-state index is -3.54. The predicted octanol–water partition coefficient (Wildman–Crippen LogP) is 2.78. The molecule has 2 aliphatic carbocycles. The molecule has 2 saturated carbocycles. The Balaban J connectivity index is 1.72. The summed E-state index contributed by atoms with van der Waals surface area (Å²) in [7, 11) is -1.72. The fraction of sp³-hybridized carbons (Fsp3) is 0.611. The first-order valence-electron chi connectivity index (χ1n) is 8.84. The molecule has 3 rings (SSSR count). The summed E-state index contributed by atoms with van der Waals surface area (Å²) < 4.78 is 27.4. The van der Waals surface area contributed by atoms with Crippen molar-refractivity contribution < 1.29 is 13.2 Å². The van der Waals surface area contributed by atoms with E-state index < -0.39 is 10.0 Å². The second-order valence-electron chi connectivity index (χ2n) is 7.03. The van der Waals surface area contributed by atoms with Gasteiger partial charge in [0.1, 0.15) is 0 Å². The van der Waals surface area contributed by atoms with Gasteiger partial charge in [0.2, 0.25) is 10.0 Å². The Morgan fingerprint density at radius 2 is 1.88 bits per heavy atom. The Morgan fingerprint density at radius 3 is 2.54 bits per heavy atom. The van der Waals surface area contributed by atoms with Crippen LogP contribution in [0, 0.1) is 5.92 Å². The van der Waals surface area contributed by atoms with Gasteiger partial charge in [-0.25, -0.2) is 13.1 Å². The van der Waals surface area contributed by atoms with Crippen molar-refractivity contribution in [1.82, 2.24) is 9.62 Å². The zero-order valence-corrected chi connectivity index (χ0v) is 15.0. The molecule has 0 saturated heterocycles. The van der Waals surface area contributed by atoms with Crippen LogP contribution in [0.25, 0.3) is 0 Å². The van der Waals surface area contributed by atoms with Crippen molar-refractivity contribution in [3.05, 3.63) is 29.8 Å². The molecule has 5 nitrogen and oxygen atoms in total. The van der Waals surface area contributed by atoms with Gasteiger partial charge < -0.3 is 4.90 Å². The molecule has 0 aromatic heterocycles. The number of carbonyl (C=O) groups is 1. The molecule has 0 bridgehead atoms. The molecule has 1 N–H and O–H groups in total. The van der Waals surface area contributed by atoms with Crippen molar-refractivity contribution in [1.29, 1.82) is 0 Å². The third-order valence-electron chi connectivity index (χ3n) is 5.09. The summed E-state index contributed by atoms with van der Waals surface area (Å²) >= 11 is 0. The highest BCUT2D eigenvalue weighted by atomic mass is 32.2. The molecule has 0 unspecified atom stereocenters. The van der Waals surface area contributed by atoms with E-state index in [2.05, 4.69) is 4.72 Å². The van der Waals surface area contributed by atoms with E-state index in [0.717, 1.165) is 38.5 Å². The number of amides is 1. The minimum Gasteiger partial charge on any atom is -0.339 e. The van der Waals surface area contributed by atoms with E-state index in [4.69, 9.17) is 0 Å². The lowest BCUT2D eigenvalue weighted by Gasteiger charge is -2.31. The van der Waals surface area contributed by atoms with E-state index in [1.165, 1.54) is 12.5 Å². The van der Waals surface area contributed by atoms with Crippen molar-refractivity contribution in [2.24, 2.45) is 5.92 Å².